The summed E-state index contributed by atoms with van der Waals surface area (Å²) in [7, 11) is 0. The molecule has 27 heavy (non-hydrogen) atoms. The minimum absolute atomic E-state index is 0.0548. The van der Waals surface area contributed by atoms with E-state index in [-0.39, 0.29) is 30.2 Å². The van der Waals surface area contributed by atoms with Crippen molar-refractivity contribution >= 4 is 5.91 Å². The molecule has 0 saturated carbocycles. The number of ether oxygens (including phenoxy) is 1. The Morgan fingerprint density at radius 2 is 1.63 bits per heavy atom. The summed E-state index contributed by atoms with van der Waals surface area (Å²) in [5.41, 5.74) is -0.00437. The molecule has 1 aromatic heterocycles. The van der Waals surface area contributed by atoms with Crippen molar-refractivity contribution < 1.29 is 22.7 Å². The molecule has 0 radical (unpaired) electrons. The summed E-state index contributed by atoms with van der Waals surface area (Å²) in [5.74, 6) is -1.96. The standard InChI is InChI=1S/C20H15F2NO4/c21-15-7-3-1-5-13(15)10-23-20(25)18-9-17(24)19(12-27-18)26-11-14-6-2-4-8-16(14)22/h1-9,12H,10-11H2,(H,23,25). The minimum atomic E-state index is -0.670. The normalized spacial score (nSPS) is 10.4. The van der Waals surface area contributed by atoms with Gasteiger partial charge < -0.3 is 14.5 Å². The number of benzene rings is 2. The van der Waals surface area contributed by atoms with Crippen molar-refractivity contribution in [3.8, 4) is 5.75 Å². The van der Waals surface area contributed by atoms with Crippen molar-refractivity contribution in [3.63, 3.8) is 0 Å². The van der Waals surface area contributed by atoms with Crippen LogP contribution < -0.4 is 15.5 Å². The van der Waals surface area contributed by atoms with Crippen molar-refractivity contribution in [2.24, 2.45) is 0 Å². The number of hydrogen-bond acceptors (Lipinski definition) is 4. The summed E-state index contributed by atoms with van der Waals surface area (Å²) in [6.45, 7) is -0.211. The molecule has 0 saturated heterocycles. The zero-order valence-electron chi connectivity index (χ0n) is 14.1. The first-order valence-electron chi connectivity index (χ1n) is 8.05. The Kier molecular flexibility index (Phi) is 5.61. The first-order valence-corrected chi connectivity index (χ1v) is 8.05. The molecule has 1 amide bonds. The maximum absolute atomic E-state index is 13.6. The number of hydrogen-bond donors (Lipinski definition) is 1. The largest absolute Gasteiger partial charge is 0.482 e. The van der Waals surface area contributed by atoms with Crippen LogP contribution in [-0.2, 0) is 13.2 Å². The van der Waals surface area contributed by atoms with Crippen LogP contribution in [0.1, 0.15) is 21.7 Å². The predicted molar refractivity (Wildman–Crippen MR) is 93.3 cm³/mol. The number of carbonyl (C=O) groups is 1. The lowest BCUT2D eigenvalue weighted by Crippen LogP contribution is -2.24. The van der Waals surface area contributed by atoms with Crippen LogP contribution in [0.25, 0.3) is 0 Å². The summed E-state index contributed by atoms with van der Waals surface area (Å²) in [6, 6.07) is 13.0. The summed E-state index contributed by atoms with van der Waals surface area (Å²) >= 11 is 0. The second kappa shape index (κ2) is 8.27. The second-order valence-corrected chi connectivity index (χ2v) is 5.63. The van der Waals surface area contributed by atoms with E-state index in [0.717, 1.165) is 12.3 Å². The van der Waals surface area contributed by atoms with Crippen molar-refractivity contribution in [1.29, 1.82) is 0 Å². The van der Waals surface area contributed by atoms with E-state index < -0.39 is 23.0 Å². The lowest BCUT2D eigenvalue weighted by Gasteiger charge is -2.08. The van der Waals surface area contributed by atoms with Gasteiger partial charge in [-0.2, -0.15) is 0 Å². The van der Waals surface area contributed by atoms with E-state index >= 15 is 0 Å². The average Bonchev–Trinajstić information content (AvgIpc) is 2.67. The molecule has 138 valence electrons. The monoisotopic (exact) mass is 371 g/mol. The Morgan fingerprint density at radius 3 is 2.26 bits per heavy atom. The lowest BCUT2D eigenvalue weighted by atomic mass is 10.2. The highest BCUT2D eigenvalue weighted by Gasteiger charge is 2.13. The van der Waals surface area contributed by atoms with Gasteiger partial charge in [0, 0.05) is 23.7 Å². The Hall–Kier alpha value is -3.48. The fourth-order valence-electron chi connectivity index (χ4n) is 2.30. The van der Waals surface area contributed by atoms with Crippen LogP contribution in [-0.4, -0.2) is 5.91 Å². The summed E-state index contributed by atoms with van der Waals surface area (Å²) in [4.78, 5) is 24.1. The van der Waals surface area contributed by atoms with Crippen molar-refractivity contribution in [2.75, 3.05) is 0 Å². The zero-order chi connectivity index (χ0) is 19.2. The molecule has 3 rings (SSSR count). The van der Waals surface area contributed by atoms with Gasteiger partial charge in [0.05, 0.1) is 0 Å². The molecule has 1 N–H and O–H groups in total. The maximum atomic E-state index is 13.6. The fraction of sp³-hybridized carbons (Fsp3) is 0.100. The van der Waals surface area contributed by atoms with Crippen LogP contribution in [0.15, 0.2) is 70.1 Å². The van der Waals surface area contributed by atoms with Gasteiger partial charge in [-0.1, -0.05) is 36.4 Å². The quantitative estimate of drug-likeness (QED) is 0.721. The second-order valence-electron chi connectivity index (χ2n) is 5.63. The topological polar surface area (TPSA) is 68.5 Å². The van der Waals surface area contributed by atoms with E-state index in [1.807, 2.05) is 0 Å². The van der Waals surface area contributed by atoms with Gasteiger partial charge in [0.15, 0.2) is 5.76 Å². The van der Waals surface area contributed by atoms with Crippen LogP contribution in [0.2, 0.25) is 0 Å². The third-order valence-corrected chi connectivity index (χ3v) is 3.76. The highest BCUT2D eigenvalue weighted by atomic mass is 19.1. The van der Waals surface area contributed by atoms with Gasteiger partial charge in [0.2, 0.25) is 11.2 Å². The highest BCUT2D eigenvalue weighted by molar-refractivity contribution is 5.91. The molecule has 0 atom stereocenters. The summed E-state index contributed by atoms with van der Waals surface area (Å²) in [5, 5.41) is 2.47. The number of carbonyl (C=O) groups excluding carboxylic acids is 1. The van der Waals surface area contributed by atoms with Crippen LogP contribution in [0.3, 0.4) is 0 Å². The minimum Gasteiger partial charge on any atom is -0.482 e. The molecule has 3 aromatic rings. The van der Waals surface area contributed by atoms with Crippen molar-refractivity contribution in [3.05, 3.63) is 99.6 Å². The Balaban J connectivity index is 1.63. The Labute approximate surface area is 153 Å². The highest BCUT2D eigenvalue weighted by Crippen LogP contribution is 2.12. The molecule has 2 aromatic carbocycles. The Bertz CT molecular complexity index is 1020. The molecule has 0 aliphatic carbocycles. The van der Waals surface area contributed by atoms with E-state index in [2.05, 4.69) is 5.32 Å². The van der Waals surface area contributed by atoms with Gasteiger partial charge in [-0.15, -0.1) is 0 Å². The van der Waals surface area contributed by atoms with Gasteiger partial charge in [0.1, 0.15) is 24.5 Å². The first kappa shape index (κ1) is 18.3. The van der Waals surface area contributed by atoms with Crippen LogP contribution in [0.5, 0.6) is 5.75 Å². The molecule has 5 nitrogen and oxygen atoms in total. The van der Waals surface area contributed by atoms with Gasteiger partial charge >= 0.3 is 0 Å². The fourth-order valence-corrected chi connectivity index (χ4v) is 2.30. The third-order valence-electron chi connectivity index (χ3n) is 3.76. The molecule has 0 fully saturated rings. The van der Waals surface area contributed by atoms with Crippen LogP contribution >= 0.6 is 0 Å². The van der Waals surface area contributed by atoms with Crippen LogP contribution in [0.4, 0.5) is 8.78 Å². The van der Waals surface area contributed by atoms with E-state index in [1.54, 1.807) is 24.3 Å². The molecule has 0 bridgehead atoms. The summed E-state index contributed by atoms with van der Waals surface area (Å²) in [6.07, 6.45) is 0.987. The SMILES string of the molecule is O=C(NCc1ccccc1F)c1cc(=O)c(OCc2ccccc2F)co1. The molecule has 0 unspecified atom stereocenters. The average molecular weight is 371 g/mol. The molecule has 7 heteroatoms. The first-order chi connectivity index (χ1) is 13.0. The van der Waals surface area contributed by atoms with Crippen molar-refractivity contribution in [1.82, 2.24) is 5.32 Å². The van der Waals surface area contributed by atoms with E-state index in [9.17, 15) is 18.4 Å². The molecular formula is C20H15F2NO4. The molecule has 0 spiro atoms. The predicted octanol–water partition coefficient (Wildman–Crippen LogP) is 3.43. The lowest BCUT2D eigenvalue weighted by molar-refractivity contribution is 0.0919. The number of rotatable bonds is 6. The van der Waals surface area contributed by atoms with Gasteiger partial charge in [-0.25, -0.2) is 8.78 Å². The number of nitrogens with one attached hydrogen (secondary N) is 1. The third kappa shape index (κ3) is 4.58. The van der Waals surface area contributed by atoms with E-state index in [4.69, 9.17) is 9.15 Å². The summed E-state index contributed by atoms with van der Waals surface area (Å²) < 4.78 is 37.5. The Morgan fingerprint density at radius 1 is 1.00 bits per heavy atom. The molecule has 0 aliphatic heterocycles. The van der Waals surface area contributed by atoms with Gasteiger partial charge in [-0.3, -0.25) is 9.59 Å². The number of amides is 1. The van der Waals surface area contributed by atoms with Crippen LogP contribution in [0, 0.1) is 11.6 Å². The smallest absolute Gasteiger partial charge is 0.287 e. The maximum Gasteiger partial charge on any atom is 0.287 e. The van der Waals surface area contributed by atoms with E-state index in [1.165, 1.54) is 24.3 Å². The molecule has 1 heterocycles. The van der Waals surface area contributed by atoms with Gasteiger partial charge in [0.25, 0.3) is 5.91 Å². The molecule has 0 aliphatic rings. The van der Waals surface area contributed by atoms with E-state index in [0.29, 0.717) is 5.56 Å². The van der Waals surface area contributed by atoms with Crippen molar-refractivity contribution in [2.45, 2.75) is 13.2 Å². The molecular weight excluding hydrogens is 356 g/mol. The van der Waals surface area contributed by atoms with Gasteiger partial charge in [-0.05, 0) is 12.1 Å². The number of halogens is 2. The zero-order valence-corrected chi connectivity index (χ0v) is 14.1.